The molecule has 178 valence electrons. The number of nitrogens with one attached hydrogen (secondary N) is 3. The Labute approximate surface area is 197 Å². The number of hydrogen-bond acceptors (Lipinski definition) is 7. The maximum atomic E-state index is 12.9. The summed E-state index contributed by atoms with van der Waals surface area (Å²) in [6.07, 6.45) is 1.29. The fourth-order valence-electron chi connectivity index (χ4n) is 2.60. The first-order valence-corrected chi connectivity index (χ1v) is 9.97. The molecule has 0 atom stereocenters. The van der Waals surface area contributed by atoms with E-state index in [-0.39, 0.29) is 18.0 Å². The third kappa shape index (κ3) is 7.75. The number of amides is 3. The van der Waals surface area contributed by atoms with Gasteiger partial charge in [0, 0.05) is 23.5 Å². The van der Waals surface area contributed by atoms with Crippen molar-refractivity contribution in [3.8, 4) is 5.75 Å². The smallest absolute Gasteiger partial charge is 0.329 e. The van der Waals surface area contributed by atoms with E-state index in [2.05, 4.69) is 21.2 Å². The van der Waals surface area contributed by atoms with Gasteiger partial charge < -0.3 is 15.4 Å². The van der Waals surface area contributed by atoms with E-state index in [0.29, 0.717) is 17.0 Å². The van der Waals surface area contributed by atoms with Crippen LogP contribution >= 0.6 is 0 Å². The summed E-state index contributed by atoms with van der Waals surface area (Å²) < 4.78 is 18.3. The minimum absolute atomic E-state index is 0.151. The number of hydrazone groups is 1. The van der Waals surface area contributed by atoms with Crippen LogP contribution in [0.1, 0.15) is 5.56 Å². The van der Waals surface area contributed by atoms with Gasteiger partial charge in [-0.05, 0) is 66.2 Å². The lowest BCUT2D eigenvalue weighted by Gasteiger charge is -2.07. The monoisotopic (exact) mass is 479 g/mol. The lowest BCUT2D eigenvalue weighted by Crippen LogP contribution is -2.32. The number of carbonyl (C=O) groups excluding carboxylic acids is 3. The third-order valence-electron chi connectivity index (χ3n) is 4.30. The summed E-state index contributed by atoms with van der Waals surface area (Å²) in [6, 6.07) is 16.7. The van der Waals surface area contributed by atoms with Crippen LogP contribution in [0.4, 0.5) is 21.5 Å². The van der Waals surface area contributed by atoms with Gasteiger partial charge in [0.1, 0.15) is 11.6 Å². The highest BCUT2D eigenvalue weighted by Crippen LogP contribution is 2.15. The summed E-state index contributed by atoms with van der Waals surface area (Å²) in [5.41, 5.74) is 3.14. The quantitative estimate of drug-likeness (QED) is 0.196. The fourth-order valence-corrected chi connectivity index (χ4v) is 2.60. The van der Waals surface area contributed by atoms with Crippen molar-refractivity contribution in [3.05, 3.63) is 94.3 Å². The molecule has 35 heavy (non-hydrogen) atoms. The molecule has 0 unspecified atom stereocenters. The number of benzene rings is 3. The van der Waals surface area contributed by atoms with E-state index in [9.17, 15) is 28.9 Å². The van der Waals surface area contributed by atoms with Crippen molar-refractivity contribution < 1.29 is 28.4 Å². The van der Waals surface area contributed by atoms with Gasteiger partial charge in [-0.15, -0.1) is 0 Å². The van der Waals surface area contributed by atoms with Crippen LogP contribution in [0.15, 0.2) is 77.9 Å². The van der Waals surface area contributed by atoms with Gasteiger partial charge in [0.2, 0.25) is 0 Å². The van der Waals surface area contributed by atoms with Gasteiger partial charge in [0.15, 0.2) is 6.61 Å². The molecule has 3 N–H and O–H groups in total. The highest BCUT2D eigenvalue weighted by molar-refractivity contribution is 6.39. The number of carbonyl (C=O) groups is 3. The number of halogens is 1. The molecule has 0 aliphatic rings. The molecule has 0 bridgehead atoms. The molecule has 0 saturated carbocycles. The molecule has 3 rings (SSSR count). The Morgan fingerprint density at radius 3 is 2.11 bits per heavy atom. The first-order chi connectivity index (χ1) is 16.8. The molecule has 3 amide bonds. The Balaban J connectivity index is 1.42. The minimum Gasteiger partial charge on any atom is -0.484 e. The number of nitrogens with zero attached hydrogens (tertiary/aromatic N) is 2. The Morgan fingerprint density at radius 2 is 1.49 bits per heavy atom. The van der Waals surface area contributed by atoms with E-state index in [1.807, 2.05) is 0 Å². The lowest BCUT2D eigenvalue weighted by molar-refractivity contribution is -0.384. The SMILES string of the molecule is O=C(COc1ccc(/C=N\NC(=O)C(=O)Nc2ccc([N+](=O)[O-])cc2)cc1)Nc1ccc(F)cc1. The maximum Gasteiger partial charge on any atom is 0.329 e. The summed E-state index contributed by atoms with van der Waals surface area (Å²) in [6.45, 7) is -0.259. The van der Waals surface area contributed by atoms with Crippen LogP contribution in [-0.2, 0) is 14.4 Å². The molecule has 0 fully saturated rings. The topological polar surface area (TPSA) is 152 Å². The predicted molar refractivity (Wildman–Crippen MR) is 124 cm³/mol. The fraction of sp³-hybridized carbons (Fsp3) is 0.0435. The van der Waals surface area contributed by atoms with Gasteiger partial charge in [0.25, 0.3) is 11.6 Å². The van der Waals surface area contributed by atoms with Crippen molar-refractivity contribution in [1.29, 1.82) is 0 Å². The second-order valence-electron chi connectivity index (χ2n) is 6.87. The largest absolute Gasteiger partial charge is 0.484 e. The van der Waals surface area contributed by atoms with Gasteiger partial charge >= 0.3 is 11.8 Å². The zero-order valence-electron chi connectivity index (χ0n) is 17.9. The van der Waals surface area contributed by atoms with Crippen LogP contribution in [0.2, 0.25) is 0 Å². The number of anilines is 2. The Morgan fingerprint density at radius 1 is 0.886 bits per heavy atom. The van der Waals surface area contributed by atoms with Crippen molar-refractivity contribution >= 4 is 41.0 Å². The predicted octanol–water partition coefficient (Wildman–Crippen LogP) is 2.84. The molecule has 0 spiro atoms. The lowest BCUT2D eigenvalue weighted by atomic mass is 10.2. The van der Waals surface area contributed by atoms with Crippen molar-refractivity contribution in [1.82, 2.24) is 5.43 Å². The van der Waals surface area contributed by atoms with Gasteiger partial charge in [-0.2, -0.15) is 5.10 Å². The van der Waals surface area contributed by atoms with Crippen LogP contribution in [0.3, 0.4) is 0 Å². The molecule has 3 aromatic rings. The van der Waals surface area contributed by atoms with E-state index in [1.54, 1.807) is 24.3 Å². The molecular formula is C23H18FN5O6. The molecule has 0 heterocycles. The molecule has 0 aliphatic heterocycles. The van der Waals surface area contributed by atoms with E-state index in [4.69, 9.17) is 4.74 Å². The Bertz CT molecular complexity index is 1240. The molecule has 0 saturated heterocycles. The second kappa shape index (κ2) is 11.7. The Kier molecular flexibility index (Phi) is 8.16. The maximum absolute atomic E-state index is 12.9. The zero-order valence-corrected chi connectivity index (χ0v) is 17.9. The van der Waals surface area contributed by atoms with Gasteiger partial charge in [-0.3, -0.25) is 24.5 Å². The minimum atomic E-state index is -1.04. The summed E-state index contributed by atoms with van der Waals surface area (Å²) in [7, 11) is 0. The van der Waals surface area contributed by atoms with Crippen molar-refractivity contribution in [2.45, 2.75) is 0 Å². The van der Waals surface area contributed by atoms with Crippen LogP contribution in [-0.4, -0.2) is 35.5 Å². The van der Waals surface area contributed by atoms with Crippen LogP contribution in [0.5, 0.6) is 5.75 Å². The molecule has 0 aliphatic carbocycles. The molecule has 0 radical (unpaired) electrons. The normalized spacial score (nSPS) is 10.4. The average molecular weight is 479 g/mol. The highest BCUT2D eigenvalue weighted by atomic mass is 19.1. The number of rotatable bonds is 8. The zero-order chi connectivity index (χ0) is 25.2. The van der Waals surface area contributed by atoms with Crippen molar-refractivity contribution in [3.63, 3.8) is 0 Å². The van der Waals surface area contributed by atoms with Gasteiger partial charge in [-0.1, -0.05) is 0 Å². The van der Waals surface area contributed by atoms with E-state index in [1.165, 1.54) is 54.7 Å². The number of nitro benzene ring substituents is 1. The molecular weight excluding hydrogens is 461 g/mol. The first-order valence-electron chi connectivity index (χ1n) is 9.97. The summed E-state index contributed by atoms with van der Waals surface area (Å²) in [5, 5.41) is 19.2. The van der Waals surface area contributed by atoms with Gasteiger partial charge in [0.05, 0.1) is 11.1 Å². The first kappa shape index (κ1) is 24.5. The van der Waals surface area contributed by atoms with Crippen LogP contribution in [0, 0.1) is 15.9 Å². The standard InChI is InChI=1S/C23H18FN5O6/c24-16-3-5-17(6-4-16)26-21(30)14-35-20-11-1-15(2-12-20)13-25-28-23(32)22(31)27-18-7-9-19(10-8-18)29(33)34/h1-13H,14H2,(H,26,30)(H,27,31)(H,28,32)/b25-13-. The van der Waals surface area contributed by atoms with Crippen LogP contribution < -0.4 is 20.8 Å². The van der Waals surface area contributed by atoms with E-state index in [0.717, 1.165) is 0 Å². The van der Waals surface area contributed by atoms with E-state index < -0.39 is 28.5 Å². The van der Waals surface area contributed by atoms with Crippen molar-refractivity contribution in [2.24, 2.45) is 5.10 Å². The molecule has 12 heteroatoms. The molecule has 11 nitrogen and oxygen atoms in total. The second-order valence-corrected chi connectivity index (χ2v) is 6.87. The summed E-state index contributed by atoms with van der Waals surface area (Å²) in [5.74, 6) is -2.46. The summed E-state index contributed by atoms with van der Waals surface area (Å²) in [4.78, 5) is 45.7. The Hall–Kier alpha value is -5.13. The highest BCUT2D eigenvalue weighted by Gasteiger charge is 2.13. The average Bonchev–Trinajstić information content (AvgIpc) is 2.85. The third-order valence-corrected chi connectivity index (χ3v) is 4.30. The van der Waals surface area contributed by atoms with Gasteiger partial charge in [-0.25, -0.2) is 9.82 Å². The summed E-state index contributed by atoms with van der Waals surface area (Å²) >= 11 is 0. The van der Waals surface area contributed by atoms with Crippen LogP contribution in [0.25, 0.3) is 0 Å². The molecule has 3 aromatic carbocycles. The number of non-ortho nitro benzene ring substituents is 1. The number of hydrogen-bond donors (Lipinski definition) is 3. The number of ether oxygens (including phenoxy) is 1. The van der Waals surface area contributed by atoms with Crippen molar-refractivity contribution in [2.75, 3.05) is 17.2 Å². The van der Waals surface area contributed by atoms with E-state index >= 15 is 0 Å². The molecule has 0 aromatic heterocycles. The number of nitro groups is 1.